The lowest BCUT2D eigenvalue weighted by Crippen LogP contribution is -2.00. The lowest BCUT2D eigenvalue weighted by atomic mass is 9.87. The lowest BCUT2D eigenvalue weighted by molar-refractivity contribution is 0.942. The van der Waals surface area contributed by atoms with Gasteiger partial charge in [0, 0.05) is 5.25 Å². The van der Waals surface area contributed by atoms with E-state index >= 15 is 0 Å². The first-order valence-corrected chi connectivity index (χ1v) is 12.3. The summed E-state index contributed by atoms with van der Waals surface area (Å²) in [7, 11) is 0. The molecule has 0 radical (unpaired) electrons. The Labute approximate surface area is 210 Å². The first-order valence-electron chi connectivity index (χ1n) is 11.8. The summed E-state index contributed by atoms with van der Waals surface area (Å²) in [5, 5.41) is 16.6. The molecule has 35 heavy (non-hydrogen) atoms. The first kappa shape index (κ1) is 21.5. The number of hydrogen-bond acceptors (Lipinski definition) is 2. The van der Waals surface area contributed by atoms with Crippen LogP contribution in [0.15, 0.2) is 115 Å². The normalized spacial score (nSPS) is 12.1. The molecular formula is C33H23NS. The molecule has 0 bridgehead atoms. The van der Waals surface area contributed by atoms with Gasteiger partial charge in [0.1, 0.15) is 0 Å². The van der Waals surface area contributed by atoms with Gasteiger partial charge in [0.15, 0.2) is 0 Å². The molecule has 166 valence electrons. The van der Waals surface area contributed by atoms with E-state index in [1.807, 2.05) is 24.3 Å². The van der Waals surface area contributed by atoms with Crippen molar-refractivity contribution in [2.24, 2.45) is 0 Å². The van der Waals surface area contributed by atoms with Crippen LogP contribution in [0.5, 0.6) is 0 Å². The van der Waals surface area contributed by atoms with Gasteiger partial charge in [-0.3, -0.25) is 0 Å². The monoisotopic (exact) mass is 465 g/mol. The van der Waals surface area contributed by atoms with E-state index in [-0.39, 0.29) is 5.25 Å². The molecule has 1 nitrogen and oxygen atoms in total. The molecule has 0 aliphatic carbocycles. The summed E-state index contributed by atoms with van der Waals surface area (Å²) in [6.45, 7) is 0. The highest BCUT2D eigenvalue weighted by Gasteiger charge is 2.18. The van der Waals surface area contributed by atoms with Crippen LogP contribution in [0.2, 0.25) is 0 Å². The third-order valence-electron chi connectivity index (χ3n) is 6.83. The van der Waals surface area contributed by atoms with Gasteiger partial charge in [-0.1, -0.05) is 84.9 Å². The Morgan fingerprint density at radius 3 is 2.03 bits per heavy atom. The molecule has 0 N–H and O–H groups in total. The largest absolute Gasteiger partial charge is 0.192 e. The van der Waals surface area contributed by atoms with Crippen molar-refractivity contribution in [3.63, 3.8) is 0 Å². The molecule has 0 aliphatic heterocycles. The predicted molar refractivity (Wildman–Crippen MR) is 151 cm³/mol. The molecule has 1 unspecified atom stereocenters. The van der Waals surface area contributed by atoms with Crippen molar-refractivity contribution < 1.29 is 0 Å². The smallest absolute Gasteiger partial charge is 0.0991 e. The maximum atomic E-state index is 9.12. The second kappa shape index (κ2) is 8.95. The molecule has 0 heterocycles. The molecule has 6 aromatic carbocycles. The Hall–Kier alpha value is -4.06. The Morgan fingerprint density at radius 1 is 0.629 bits per heavy atom. The lowest BCUT2D eigenvalue weighted by Gasteiger charge is -2.20. The van der Waals surface area contributed by atoms with Crippen molar-refractivity contribution in [1.29, 1.82) is 5.26 Å². The fourth-order valence-electron chi connectivity index (χ4n) is 5.11. The van der Waals surface area contributed by atoms with Gasteiger partial charge in [0.05, 0.1) is 11.6 Å². The molecule has 1 atom stereocenters. The number of nitrogens with zero attached hydrogens (tertiary/aromatic N) is 1. The molecule has 2 heteroatoms. The molecular weight excluding hydrogens is 442 g/mol. The molecule has 6 rings (SSSR count). The van der Waals surface area contributed by atoms with E-state index < -0.39 is 0 Å². The van der Waals surface area contributed by atoms with E-state index in [1.54, 1.807) is 0 Å². The van der Waals surface area contributed by atoms with E-state index in [2.05, 4.69) is 97.1 Å². The number of benzene rings is 6. The molecule has 6 aromatic rings. The van der Waals surface area contributed by atoms with Crippen LogP contribution in [0, 0.1) is 11.3 Å². The zero-order valence-corrected chi connectivity index (χ0v) is 20.0. The number of thiol groups is 1. The number of rotatable bonds is 4. The van der Waals surface area contributed by atoms with Gasteiger partial charge in [-0.2, -0.15) is 17.9 Å². The maximum absolute atomic E-state index is 9.12. The van der Waals surface area contributed by atoms with Crippen LogP contribution in [-0.4, -0.2) is 0 Å². The van der Waals surface area contributed by atoms with Crippen LogP contribution >= 0.6 is 12.6 Å². The maximum Gasteiger partial charge on any atom is 0.0991 e. The van der Waals surface area contributed by atoms with Crippen LogP contribution < -0.4 is 0 Å². The van der Waals surface area contributed by atoms with Gasteiger partial charge in [-0.05, 0) is 91.3 Å². The van der Waals surface area contributed by atoms with E-state index in [0.717, 1.165) is 6.42 Å². The number of hydrogen-bond donors (Lipinski definition) is 1. The van der Waals surface area contributed by atoms with Gasteiger partial charge in [-0.25, -0.2) is 0 Å². The summed E-state index contributed by atoms with van der Waals surface area (Å²) in [5.74, 6) is 0. The van der Waals surface area contributed by atoms with Crippen LogP contribution in [0.25, 0.3) is 43.4 Å². The molecule has 0 aliphatic rings. The highest BCUT2D eigenvalue weighted by atomic mass is 32.1. The minimum absolute atomic E-state index is 0.0219. The van der Waals surface area contributed by atoms with Gasteiger partial charge < -0.3 is 0 Å². The minimum Gasteiger partial charge on any atom is -0.192 e. The summed E-state index contributed by atoms with van der Waals surface area (Å²) >= 11 is 5.08. The standard InChI is InChI=1S/C33H23NS/c34-21-23-15-13-22(14-16-23)17-32(35)29-11-5-6-12-30(29)33-28-10-4-3-9-26(28)19-27-18-24-7-1-2-8-25(24)20-31(27)33/h1-16,18-20,32,35H,17H2. The average molecular weight is 466 g/mol. The van der Waals surface area contributed by atoms with Crippen LogP contribution in [-0.2, 0) is 6.42 Å². The van der Waals surface area contributed by atoms with E-state index in [9.17, 15) is 0 Å². The Bertz CT molecular complexity index is 1740. The van der Waals surface area contributed by atoms with Gasteiger partial charge in [-0.15, -0.1) is 0 Å². The average Bonchev–Trinajstić information content (AvgIpc) is 2.91. The van der Waals surface area contributed by atoms with Crippen molar-refractivity contribution in [2.45, 2.75) is 11.7 Å². The van der Waals surface area contributed by atoms with Crippen molar-refractivity contribution in [1.82, 2.24) is 0 Å². The van der Waals surface area contributed by atoms with Crippen LogP contribution in [0.4, 0.5) is 0 Å². The zero-order chi connectivity index (χ0) is 23.8. The molecule has 0 aromatic heterocycles. The number of fused-ring (bicyclic) bond motifs is 3. The van der Waals surface area contributed by atoms with E-state index in [1.165, 1.54) is 54.6 Å². The Morgan fingerprint density at radius 2 is 1.26 bits per heavy atom. The summed E-state index contributed by atoms with van der Waals surface area (Å²) < 4.78 is 0. The minimum atomic E-state index is 0.0219. The molecule has 0 saturated carbocycles. The van der Waals surface area contributed by atoms with Gasteiger partial charge in [0.25, 0.3) is 0 Å². The summed E-state index contributed by atoms with van der Waals surface area (Å²) in [4.78, 5) is 0. The first-order chi connectivity index (χ1) is 17.2. The van der Waals surface area contributed by atoms with E-state index in [0.29, 0.717) is 5.56 Å². The third kappa shape index (κ3) is 3.95. The van der Waals surface area contributed by atoms with Crippen LogP contribution in [0.3, 0.4) is 0 Å². The van der Waals surface area contributed by atoms with E-state index in [4.69, 9.17) is 17.9 Å². The molecule has 0 saturated heterocycles. The SMILES string of the molecule is N#Cc1ccc(CC(S)c2ccccc2-c2c3ccccc3cc3cc4ccccc4cc23)cc1. The fourth-order valence-corrected chi connectivity index (χ4v) is 5.55. The van der Waals surface area contributed by atoms with Crippen molar-refractivity contribution in [3.05, 3.63) is 132 Å². The third-order valence-corrected chi connectivity index (χ3v) is 7.29. The van der Waals surface area contributed by atoms with Gasteiger partial charge in [0.2, 0.25) is 0 Å². The quantitative estimate of drug-likeness (QED) is 0.204. The number of nitriles is 1. The topological polar surface area (TPSA) is 23.8 Å². The highest BCUT2D eigenvalue weighted by molar-refractivity contribution is 7.80. The van der Waals surface area contributed by atoms with Crippen molar-refractivity contribution >= 4 is 44.9 Å². The molecule has 0 amide bonds. The zero-order valence-electron chi connectivity index (χ0n) is 19.1. The Balaban J connectivity index is 1.57. The van der Waals surface area contributed by atoms with Crippen molar-refractivity contribution in [2.75, 3.05) is 0 Å². The van der Waals surface area contributed by atoms with Crippen molar-refractivity contribution in [3.8, 4) is 17.2 Å². The molecule has 0 spiro atoms. The predicted octanol–water partition coefficient (Wildman–Crippen LogP) is 8.90. The van der Waals surface area contributed by atoms with Gasteiger partial charge >= 0.3 is 0 Å². The Kier molecular flexibility index (Phi) is 5.49. The molecule has 0 fully saturated rings. The second-order valence-corrected chi connectivity index (χ2v) is 9.63. The second-order valence-electron chi connectivity index (χ2n) is 9.01. The van der Waals surface area contributed by atoms with Crippen LogP contribution in [0.1, 0.15) is 21.9 Å². The fraction of sp³-hybridized carbons (Fsp3) is 0.0606. The summed E-state index contributed by atoms with van der Waals surface area (Å²) in [5.41, 5.74) is 5.55. The highest BCUT2D eigenvalue weighted by Crippen LogP contribution is 2.42. The summed E-state index contributed by atoms with van der Waals surface area (Å²) in [6.07, 6.45) is 0.789. The summed E-state index contributed by atoms with van der Waals surface area (Å²) in [6, 6.07) is 42.8.